The van der Waals surface area contributed by atoms with E-state index in [1.165, 1.54) is 76.2 Å². The Hall–Kier alpha value is -0.980. The summed E-state index contributed by atoms with van der Waals surface area (Å²) in [6, 6.07) is 8.59. The summed E-state index contributed by atoms with van der Waals surface area (Å²) in [5, 5.41) is 0. The van der Waals surface area contributed by atoms with Crippen molar-refractivity contribution in [1.29, 1.82) is 0 Å². The van der Waals surface area contributed by atoms with Crippen LogP contribution in [0.15, 0.2) is 24.3 Å². The minimum absolute atomic E-state index is 0.635. The summed E-state index contributed by atoms with van der Waals surface area (Å²) in [6.07, 6.45) is 16.1. The van der Waals surface area contributed by atoms with Crippen LogP contribution in [0.5, 0.6) is 5.75 Å². The molecule has 1 atom stereocenters. The minimum Gasteiger partial charge on any atom is -0.486 e. The fourth-order valence-corrected chi connectivity index (χ4v) is 3.38. The van der Waals surface area contributed by atoms with Gasteiger partial charge in [0, 0.05) is 0 Å². The Labute approximate surface area is 151 Å². The van der Waals surface area contributed by atoms with Crippen molar-refractivity contribution in [1.82, 2.24) is 0 Å². The molecule has 24 heavy (non-hydrogen) atoms. The number of hydrogen-bond donors (Lipinski definition) is 0. The van der Waals surface area contributed by atoms with Gasteiger partial charge in [-0.05, 0) is 36.8 Å². The van der Waals surface area contributed by atoms with Crippen LogP contribution in [0.4, 0.5) is 0 Å². The van der Waals surface area contributed by atoms with E-state index in [-0.39, 0.29) is 0 Å². The zero-order valence-corrected chi connectivity index (χ0v) is 16.4. The van der Waals surface area contributed by atoms with E-state index < -0.39 is 0 Å². The highest BCUT2D eigenvalue weighted by molar-refractivity contribution is 5.36. The normalized spacial score (nSPS) is 12.3. The minimum atomic E-state index is 0.635. The van der Waals surface area contributed by atoms with Crippen molar-refractivity contribution in [2.75, 3.05) is 0 Å². The van der Waals surface area contributed by atoms with Crippen LogP contribution in [0.1, 0.15) is 109 Å². The first-order valence-electron chi connectivity index (χ1n) is 10.4. The zero-order valence-electron chi connectivity index (χ0n) is 16.4. The Morgan fingerprint density at radius 2 is 1.46 bits per heavy atom. The van der Waals surface area contributed by atoms with Gasteiger partial charge in [0.05, 0.1) is 0 Å². The van der Waals surface area contributed by atoms with Crippen molar-refractivity contribution < 1.29 is 4.74 Å². The topological polar surface area (TPSA) is 9.23 Å². The van der Waals surface area contributed by atoms with Crippen LogP contribution in [-0.4, -0.2) is 0 Å². The second-order valence-corrected chi connectivity index (χ2v) is 6.95. The first-order valence-corrected chi connectivity index (χ1v) is 10.4. The second-order valence-electron chi connectivity index (χ2n) is 6.95. The molecule has 0 fully saturated rings. The Morgan fingerprint density at radius 1 is 0.833 bits per heavy atom. The monoisotopic (exact) mass is 331 g/mol. The molecule has 0 saturated carbocycles. The van der Waals surface area contributed by atoms with Crippen molar-refractivity contribution in [3.8, 4) is 5.75 Å². The number of rotatable bonds is 15. The molecule has 0 aliphatic heterocycles. The Balaban J connectivity index is 2.27. The number of benzene rings is 1. The van der Waals surface area contributed by atoms with Gasteiger partial charge in [-0.1, -0.05) is 96.8 Å². The molecule has 1 aromatic carbocycles. The van der Waals surface area contributed by atoms with Gasteiger partial charge in [0.1, 0.15) is 12.4 Å². The molecule has 0 aliphatic rings. The third-order valence-corrected chi connectivity index (χ3v) is 4.88. The number of hydrogen-bond acceptors (Lipinski definition) is 1. The summed E-state index contributed by atoms with van der Waals surface area (Å²) in [6.45, 7) is 8.61. The number of para-hydroxylation sites is 1. The lowest BCUT2D eigenvalue weighted by Crippen LogP contribution is -2.01. The van der Waals surface area contributed by atoms with Crippen LogP contribution in [0.3, 0.4) is 0 Å². The van der Waals surface area contributed by atoms with E-state index in [0.717, 1.165) is 12.2 Å². The Kier molecular flexibility index (Phi) is 12.6. The highest BCUT2D eigenvalue weighted by Crippen LogP contribution is 2.33. The van der Waals surface area contributed by atoms with Crippen molar-refractivity contribution in [3.05, 3.63) is 36.4 Å². The van der Waals surface area contributed by atoms with Crippen LogP contribution in [-0.2, 0) is 0 Å². The van der Waals surface area contributed by atoms with E-state index in [1.807, 2.05) is 6.61 Å². The summed E-state index contributed by atoms with van der Waals surface area (Å²) in [4.78, 5) is 0. The lowest BCUT2D eigenvalue weighted by Gasteiger charge is -2.19. The van der Waals surface area contributed by atoms with Crippen LogP contribution in [0.2, 0.25) is 0 Å². The van der Waals surface area contributed by atoms with Crippen LogP contribution < -0.4 is 4.74 Å². The molecule has 0 heterocycles. The highest BCUT2D eigenvalue weighted by atomic mass is 16.5. The quantitative estimate of drug-likeness (QED) is 0.295. The fraction of sp³-hybridized carbons (Fsp3) is 0.696. The van der Waals surface area contributed by atoms with Gasteiger partial charge in [-0.2, -0.15) is 0 Å². The summed E-state index contributed by atoms with van der Waals surface area (Å²) in [5.41, 5.74) is 1.39. The van der Waals surface area contributed by atoms with Crippen molar-refractivity contribution >= 4 is 0 Å². The van der Waals surface area contributed by atoms with Crippen LogP contribution >= 0.6 is 0 Å². The molecular weight excluding hydrogens is 292 g/mol. The maximum absolute atomic E-state index is 5.84. The van der Waals surface area contributed by atoms with Gasteiger partial charge in [0.2, 0.25) is 0 Å². The van der Waals surface area contributed by atoms with Gasteiger partial charge < -0.3 is 4.74 Å². The number of ether oxygens (including phenoxy) is 1. The molecule has 1 rings (SSSR count). The molecule has 0 spiro atoms. The lowest BCUT2D eigenvalue weighted by molar-refractivity contribution is 0.386. The lowest BCUT2D eigenvalue weighted by atomic mass is 9.90. The Morgan fingerprint density at radius 3 is 2.08 bits per heavy atom. The summed E-state index contributed by atoms with van der Waals surface area (Å²) < 4.78 is 5.84. The van der Waals surface area contributed by atoms with Crippen LogP contribution in [0.25, 0.3) is 0 Å². The maximum atomic E-state index is 5.84. The van der Waals surface area contributed by atoms with Gasteiger partial charge in [0.15, 0.2) is 0 Å². The average molecular weight is 332 g/mol. The van der Waals surface area contributed by atoms with E-state index >= 15 is 0 Å². The van der Waals surface area contributed by atoms with Crippen molar-refractivity contribution in [2.45, 2.75) is 104 Å². The third kappa shape index (κ3) is 8.76. The molecule has 0 aromatic heterocycles. The zero-order chi connectivity index (χ0) is 17.5. The summed E-state index contributed by atoms with van der Waals surface area (Å²) in [5.74, 6) is 1.69. The number of unbranched alkanes of at least 4 members (excludes halogenated alkanes) is 8. The van der Waals surface area contributed by atoms with Crippen LogP contribution in [0, 0.1) is 6.61 Å². The standard InChI is InChI=1S/C23H39O/c1-4-7-8-9-10-11-12-13-14-17-21(6-3)22-18-15-16-19-23(22)24-20-5-2/h15-16,18-21H,4-14,17H2,1-3H3. The summed E-state index contributed by atoms with van der Waals surface area (Å²) in [7, 11) is 0. The molecule has 0 saturated heterocycles. The predicted molar refractivity (Wildman–Crippen MR) is 107 cm³/mol. The molecule has 0 bridgehead atoms. The molecule has 0 amide bonds. The highest BCUT2D eigenvalue weighted by Gasteiger charge is 2.14. The van der Waals surface area contributed by atoms with Gasteiger partial charge in [0.25, 0.3) is 0 Å². The SMILES string of the molecule is CC[CH]Oc1ccccc1C(CC)CCCCCCCCCCC. The maximum Gasteiger partial charge on any atom is 0.135 e. The van der Waals surface area contributed by atoms with Gasteiger partial charge >= 0.3 is 0 Å². The van der Waals surface area contributed by atoms with E-state index in [0.29, 0.717) is 5.92 Å². The first-order chi connectivity index (χ1) is 11.8. The van der Waals surface area contributed by atoms with E-state index in [2.05, 4.69) is 45.0 Å². The van der Waals surface area contributed by atoms with Gasteiger partial charge in [-0.25, -0.2) is 0 Å². The fourth-order valence-electron chi connectivity index (χ4n) is 3.38. The molecular formula is C23H39O. The molecule has 0 aliphatic carbocycles. The van der Waals surface area contributed by atoms with Crippen molar-refractivity contribution in [3.63, 3.8) is 0 Å². The van der Waals surface area contributed by atoms with E-state index in [4.69, 9.17) is 4.74 Å². The summed E-state index contributed by atoms with van der Waals surface area (Å²) >= 11 is 0. The predicted octanol–water partition coefficient (Wildman–Crippen LogP) is 8.05. The second kappa shape index (κ2) is 14.4. The molecule has 1 aromatic rings. The smallest absolute Gasteiger partial charge is 0.135 e. The van der Waals surface area contributed by atoms with Gasteiger partial charge in [-0.15, -0.1) is 0 Å². The molecule has 137 valence electrons. The molecule has 1 heteroatoms. The van der Waals surface area contributed by atoms with E-state index in [9.17, 15) is 0 Å². The van der Waals surface area contributed by atoms with Crippen molar-refractivity contribution in [2.24, 2.45) is 0 Å². The first kappa shape index (κ1) is 21.1. The largest absolute Gasteiger partial charge is 0.486 e. The molecule has 1 unspecified atom stereocenters. The third-order valence-electron chi connectivity index (χ3n) is 4.88. The molecule has 0 N–H and O–H groups in total. The molecule has 1 radical (unpaired) electrons. The Bertz CT molecular complexity index is 399. The van der Waals surface area contributed by atoms with E-state index in [1.54, 1.807) is 0 Å². The molecule has 1 nitrogen and oxygen atoms in total. The average Bonchev–Trinajstić information content (AvgIpc) is 2.62. The van der Waals surface area contributed by atoms with Gasteiger partial charge in [-0.3, -0.25) is 0 Å².